The van der Waals surface area contributed by atoms with Crippen LogP contribution < -0.4 is 5.11 Å². The molecule has 1 aromatic carbocycles. The molecule has 0 saturated heterocycles. The number of nitrogens with zero attached hydrogens (tertiary/aromatic N) is 4. The predicted molar refractivity (Wildman–Crippen MR) is 101 cm³/mol. The van der Waals surface area contributed by atoms with Crippen LogP contribution in [-0.4, -0.2) is 32.8 Å². The van der Waals surface area contributed by atoms with Gasteiger partial charge >= 0.3 is 0 Å². The van der Waals surface area contributed by atoms with Gasteiger partial charge in [-0.05, 0) is 18.9 Å². The van der Waals surface area contributed by atoms with E-state index in [9.17, 15) is 9.90 Å². The Morgan fingerprint density at radius 3 is 2.81 bits per heavy atom. The van der Waals surface area contributed by atoms with E-state index in [1.54, 1.807) is 29.1 Å². The molecule has 0 radical (unpaired) electrons. The Bertz CT molecular complexity index is 819. The van der Waals surface area contributed by atoms with Crippen molar-refractivity contribution < 1.29 is 9.90 Å². The molecule has 6 nitrogen and oxygen atoms in total. The highest BCUT2D eigenvalue weighted by molar-refractivity contribution is 7.99. The number of carbonyl (C=O) groups excluding carboxylic acids is 1. The first-order valence-electron chi connectivity index (χ1n) is 8.32. The summed E-state index contributed by atoms with van der Waals surface area (Å²) >= 11 is 13.3. The van der Waals surface area contributed by atoms with E-state index < -0.39 is 5.97 Å². The molecular formula is C17H17Cl2N4O2S-. The zero-order valence-corrected chi connectivity index (χ0v) is 16.2. The third kappa shape index (κ3) is 4.58. The summed E-state index contributed by atoms with van der Waals surface area (Å²) in [4.78, 5) is 10.8. The Hall–Kier alpha value is -1.57. The number of benzene rings is 1. The first kappa shape index (κ1) is 19.2. The van der Waals surface area contributed by atoms with E-state index in [-0.39, 0.29) is 11.7 Å². The molecule has 1 aromatic heterocycles. The van der Waals surface area contributed by atoms with Crippen LogP contribution in [0.5, 0.6) is 0 Å². The molecule has 9 heteroatoms. The molecule has 1 aliphatic rings. The van der Waals surface area contributed by atoms with E-state index in [1.165, 1.54) is 6.42 Å². The summed E-state index contributed by atoms with van der Waals surface area (Å²) in [7, 11) is 0. The molecule has 1 aliphatic carbocycles. The lowest BCUT2D eigenvalue weighted by molar-refractivity contribution is -0.301. The topological polar surface area (TPSA) is 83.2 Å². The van der Waals surface area contributed by atoms with Crippen molar-refractivity contribution in [3.63, 3.8) is 0 Å². The average Bonchev–Trinajstić information content (AvgIpc) is 3.05. The van der Waals surface area contributed by atoms with Crippen LogP contribution in [0.1, 0.15) is 49.4 Å². The molecule has 138 valence electrons. The van der Waals surface area contributed by atoms with Crippen molar-refractivity contribution in [1.82, 2.24) is 14.9 Å². The van der Waals surface area contributed by atoms with Gasteiger partial charge in [-0.2, -0.15) is 9.78 Å². The molecule has 0 N–H and O–H groups in total. The van der Waals surface area contributed by atoms with Crippen LogP contribution >= 0.6 is 35.0 Å². The van der Waals surface area contributed by atoms with Crippen molar-refractivity contribution in [1.29, 1.82) is 0 Å². The summed E-state index contributed by atoms with van der Waals surface area (Å²) in [5.41, 5.74) is 0.665. The van der Waals surface area contributed by atoms with Crippen LogP contribution in [0, 0.1) is 0 Å². The zero-order valence-electron chi connectivity index (χ0n) is 13.9. The second-order valence-corrected chi connectivity index (χ2v) is 7.76. The maximum absolute atomic E-state index is 10.8. The lowest BCUT2D eigenvalue weighted by atomic mass is 9.89. The molecule has 0 amide bonds. The standard InChI is InChI=1S/C17H18Cl2N4O2S/c18-13-8-4-7-12(15(13)19)9-20-23-16(11-5-2-1-3-6-11)21-22-17(23)26-10-14(24)25/h4,7-9,11H,1-3,5-6,10H2,(H,24,25)/p-1/b20-9-. The molecule has 0 bridgehead atoms. The highest BCUT2D eigenvalue weighted by atomic mass is 35.5. The summed E-state index contributed by atoms with van der Waals surface area (Å²) < 4.78 is 1.61. The first-order chi connectivity index (χ1) is 12.6. The third-order valence-electron chi connectivity index (χ3n) is 4.22. The van der Waals surface area contributed by atoms with Crippen LogP contribution in [0.2, 0.25) is 10.0 Å². The van der Waals surface area contributed by atoms with Crippen LogP contribution in [0.25, 0.3) is 0 Å². The van der Waals surface area contributed by atoms with E-state index >= 15 is 0 Å². The van der Waals surface area contributed by atoms with E-state index in [1.807, 2.05) is 0 Å². The summed E-state index contributed by atoms with van der Waals surface area (Å²) in [5, 5.41) is 25.0. The van der Waals surface area contributed by atoms with Crippen LogP contribution in [0.15, 0.2) is 28.5 Å². The van der Waals surface area contributed by atoms with Crippen molar-refractivity contribution in [2.75, 3.05) is 5.75 Å². The number of hydrogen-bond donors (Lipinski definition) is 0. The fourth-order valence-electron chi connectivity index (χ4n) is 2.95. The molecule has 1 heterocycles. The molecule has 0 aliphatic heterocycles. The summed E-state index contributed by atoms with van der Waals surface area (Å²) in [6.45, 7) is 0. The summed E-state index contributed by atoms with van der Waals surface area (Å²) in [5.74, 6) is -0.359. The van der Waals surface area contributed by atoms with Gasteiger partial charge in [0.2, 0.25) is 5.16 Å². The number of carboxylic acid groups (broad SMARTS) is 1. The van der Waals surface area contributed by atoms with Gasteiger partial charge in [0.1, 0.15) is 0 Å². The Kier molecular flexibility index (Phi) is 6.56. The molecular weight excluding hydrogens is 395 g/mol. The van der Waals surface area contributed by atoms with Crippen molar-refractivity contribution in [2.45, 2.75) is 43.2 Å². The third-order valence-corrected chi connectivity index (χ3v) is 5.95. The van der Waals surface area contributed by atoms with E-state index in [4.69, 9.17) is 23.2 Å². The Morgan fingerprint density at radius 2 is 2.08 bits per heavy atom. The molecule has 26 heavy (non-hydrogen) atoms. The van der Waals surface area contributed by atoms with E-state index in [0.717, 1.165) is 43.3 Å². The van der Waals surface area contributed by atoms with Gasteiger partial charge in [-0.15, -0.1) is 10.2 Å². The first-order valence-corrected chi connectivity index (χ1v) is 10.1. The minimum absolute atomic E-state index is 0.212. The van der Waals surface area contributed by atoms with Crippen molar-refractivity contribution >= 4 is 47.1 Å². The maximum Gasteiger partial charge on any atom is 0.212 e. The molecule has 1 fully saturated rings. The van der Waals surface area contributed by atoms with Gasteiger partial charge in [-0.1, -0.05) is 66.4 Å². The van der Waals surface area contributed by atoms with Crippen LogP contribution in [0.4, 0.5) is 0 Å². The lowest BCUT2D eigenvalue weighted by Crippen LogP contribution is -2.24. The average molecular weight is 412 g/mol. The van der Waals surface area contributed by atoms with E-state index in [2.05, 4.69) is 15.3 Å². The number of aliphatic carboxylic acids is 1. The summed E-state index contributed by atoms with van der Waals surface area (Å²) in [6, 6.07) is 5.29. The monoisotopic (exact) mass is 411 g/mol. The minimum Gasteiger partial charge on any atom is -0.549 e. The highest BCUT2D eigenvalue weighted by Gasteiger charge is 2.23. The van der Waals surface area contributed by atoms with Gasteiger partial charge in [0.25, 0.3) is 0 Å². The van der Waals surface area contributed by atoms with Gasteiger partial charge in [-0.3, -0.25) is 0 Å². The normalized spacial score (nSPS) is 15.6. The molecule has 0 unspecified atom stereocenters. The number of hydrogen-bond acceptors (Lipinski definition) is 6. The molecule has 0 spiro atoms. The van der Waals surface area contributed by atoms with Crippen LogP contribution in [-0.2, 0) is 4.79 Å². The van der Waals surface area contributed by atoms with Crippen molar-refractivity contribution in [2.24, 2.45) is 5.10 Å². The van der Waals surface area contributed by atoms with Gasteiger partial charge < -0.3 is 9.90 Å². The van der Waals surface area contributed by atoms with Crippen molar-refractivity contribution in [3.05, 3.63) is 39.6 Å². The number of carboxylic acids is 1. The second kappa shape index (κ2) is 8.88. The predicted octanol–water partition coefficient (Wildman–Crippen LogP) is 3.36. The second-order valence-electron chi connectivity index (χ2n) is 6.04. The largest absolute Gasteiger partial charge is 0.549 e. The van der Waals surface area contributed by atoms with Gasteiger partial charge in [0.15, 0.2) is 5.82 Å². The highest BCUT2D eigenvalue weighted by Crippen LogP contribution is 2.33. The SMILES string of the molecule is O=C([O-])CSc1nnc(C2CCCCC2)n1/N=C\c1cccc(Cl)c1Cl. The number of rotatable bonds is 6. The number of halogens is 2. The smallest absolute Gasteiger partial charge is 0.212 e. The van der Waals surface area contributed by atoms with Crippen LogP contribution in [0.3, 0.4) is 0 Å². The number of carbonyl (C=O) groups is 1. The number of aromatic nitrogens is 3. The summed E-state index contributed by atoms with van der Waals surface area (Å²) in [6.07, 6.45) is 7.14. The quantitative estimate of drug-likeness (QED) is 0.537. The molecule has 3 rings (SSSR count). The molecule has 2 aromatic rings. The number of thioether (sulfide) groups is 1. The fraction of sp³-hybridized carbons (Fsp3) is 0.412. The Labute approximate surface area is 165 Å². The zero-order chi connectivity index (χ0) is 18.5. The fourth-order valence-corrected chi connectivity index (χ4v) is 3.92. The Morgan fingerprint density at radius 1 is 1.31 bits per heavy atom. The maximum atomic E-state index is 10.8. The molecule has 0 atom stereocenters. The molecule has 1 saturated carbocycles. The van der Waals surface area contributed by atoms with Crippen molar-refractivity contribution in [3.8, 4) is 0 Å². The van der Waals surface area contributed by atoms with Gasteiger partial charge in [0.05, 0.1) is 22.2 Å². The lowest BCUT2D eigenvalue weighted by Gasteiger charge is -2.20. The Balaban J connectivity index is 1.93. The minimum atomic E-state index is -1.16. The van der Waals surface area contributed by atoms with Gasteiger partial charge in [0, 0.05) is 17.2 Å². The van der Waals surface area contributed by atoms with E-state index in [0.29, 0.717) is 20.8 Å². The van der Waals surface area contributed by atoms with Gasteiger partial charge in [-0.25, -0.2) is 0 Å².